The fraction of sp³-hybridized carbons (Fsp3) is 0.556. The zero-order valence-corrected chi connectivity index (χ0v) is 12.1. The van der Waals surface area contributed by atoms with Crippen LogP contribution in [0.25, 0.3) is 6.08 Å². The van der Waals surface area contributed by atoms with Crippen LogP contribution in [0.3, 0.4) is 0 Å². The molecular weight excluding hydrogens is 254 g/mol. The molecule has 2 aliphatic carbocycles. The van der Waals surface area contributed by atoms with Crippen molar-refractivity contribution in [3.05, 3.63) is 40.5 Å². The zero-order chi connectivity index (χ0) is 14.1. The van der Waals surface area contributed by atoms with Crippen LogP contribution < -0.4 is 0 Å². The molecular formula is C18H22F2. The number of halogens is 2. The molecule has 0 amide bonds. The van der Waals surface area contributed by atoms with Gasteiger partial charge in [0.05, 0.1) is 0 Å². The van der Waals surface area contributed by atoms with E-state index in [0.29, 0.717) is 11.5 Å². The highest BCUT2D eigenvalue weighted by Crippen LogP contribution is 2.40. The summed E-state index contributed by atoms with van der Waals surface area (Å²) in [5, 5.41) is 0. The van der Waals surface area contributed by atoms with Gasteiger partial charge < -0.3 is 0 Å². The van der Waals surface area contributed by atoms with Gasteiger partial charge in [-0.1, -0.05) is 37.5 Å². The molecule has 0 spiro atoms. The van der Waals surface area contributed by atoms with E-state index in [9.17, 15) is 8.78 Å². The van der Waals surface area contributed by atoms with Crippen LogP contribution in [0.5, 0.6) is 0 Å². The maximum atomic E-state index is 13.8. The first-order valence-corrected chi connectivity index (χ1v) is 7.86. The first-order chi connectivity index (χ1) is 9.69. The number of fused-ring (bicyclic) bond motifs is 1. The minimum Gasteiger partial charge on any atom is -0.204 e. The number of hydrogen-bond donors (Lipinski definition) is 0. The Labute approximate surface area is 119 Å². The van der Waals surface area contributed by atoms with E-state index in [-0.39, 0.29) is 0 Å². The Morgan fingerprint density at radius 1 is 1.10 bits per heavy atom. The largest absolute Gasteiger partial charge is 0.204 e. The second kappa shape index (κ2) is 5.67. The van der Waals surface area contributed by atoms with Crippen LogP contribution in [0, 0.1) is 23.5 Å². The molecule has 3 rings (SSSR count). The van der Waals surface area contributed by atoms with Crippen LogP contribution in [0.15, 0.2) is 17.7 Å². The number of rotatable bonds is 3. The van der Waals surface area contributed by atoms with Crippen LogP contribution in [0.1, 0.15) is 56.6 Å². The molecule has 2 aliphatic rings. The Hall–Kier alpha value is -1.18. The molecule has 1 saturated carbocycles. The lowest BCUT2D eigenvalue weighted by Gasteiger charge is -2.29. The second-order valence-corrected chi connectivity index (χ2v) is 6.34. The molecule has 1 aromatic rings. The molecule has 0 aliphatic heterocycles. The van der Waals surface area contributed by atoms with E-state index in [1.807, 2.05) is 6.08 Å². The molecule has 1 fully saturated rings. The molecule has 0 radical (unpaired) electrons. The maximum absolute atomic E-state index is 13.8. The highest BCUT2D eigenvalue weighted by Gasteiger charge is 2.27. The number of benzene rings is 1. The fourth-order valence-corrected chi connectivity index (χ4v) is 3.87. The molecule has 0 bridgehead atoms. The van der Waals surface area contributed by atoms with Gasteiger partial charge in [-0.25, -0.2) is 8.78 Å². The minimum atomic E-state index is -0.729. The topological polar surface area (TPSA) is 0 Å². The Balaban J connectivity index is 1.71. The number of hydrogen-bond acceptors (Lipinski definition) is 0. The summed E-state index contributed by atoms with van der Waals surface area (Å²) in [5.41, 5.74) is 2.77. The Morgan fingerprint density at radius 2 is 1.85 bits per heavy atom. The van der Waals surface area contributed by atoms with Crippen molar-refractivity contribution in [3.63, 3.8) is 0 Å². The highest BCUT2D eigenvalue weighted by molar-refractivity contribution is 5.64. The van der Waals surface area contributed by atoms with Crippen molar-refractivity contribution in [3.8, 4) is 0 Å². The van der Waals surface area contributed by atoms with E-state index >= 15 is 0 Å². The summed E-state index contributed by atoms with van der Waals surface area (Å²) in [5.74, 6) is 0.0675. The third kappa shape index (κ3) is 2.53. The molecule has 108 valence electrons. The van der Waals surface area contributed by atoms with Crippen LogP contribution in [-0.4, -0.2) is 0 Å². The lowest BCUT2D eigenvalue weighted by molar-refractivity contribution is 0.285. The average molecular weight is 276 g/mol. The first kappa shape index (κ1) is 13.8. The van der Waals surface area contributed by atoms with Gasteiger partial charge >= 0.3 is 0 Å². The average Bonchev–Trinajstić information content (AvgIpc) is 2.89. The molecule has 0 atom stereocenters. The van der Waals surface area contributed by atoms with Crippen molar-refractivity contribution in [2.24, 2.45) is 11.8 Å². The summed E-state index contributed by atoms with van der Waals surface area (Å²) in [6.07, 6.45) is 10.4. The normalized spacial score (nSPS) is 25.4. The lowest BCUT2D eigenvalue weighted by Crippen LogP contribution is -2.16. The van der Waals surface area contributed by atoms with Gasteiger partial charge in [0.1, 0.15) is 0 Å². The van der Waals surface area contributed by atoms with Crippen LogP contribution >= 0.6 is 0 Å². The van der Waals surface area contributed by atoms with Crippen LogP contribution in [0.2, 0.25) is 0 Å². The third-order valence-corrected chi connectivity index (χ3v) is 5.02. The molecule has 1 aromatic carbocycles. The summed E-state index contributed by atoms with van der Waals surface area (Å²) in [4.78, 5) is 0. The molecule has 0 unspecified atom stereocenters. The third-order valence-electron chi connectivity index (χ3n) is 5.02. The molecule has 0 saturated heterocycles. The monoisotopic (exact) mass is 276 g/mol. The first-order valence-electron chi connectivity index (χ1n) is 7.86. The molecule has 2 heteroatoms. The van der Waals surface area contributed by atoms with Crippen LogP contribution in [0.4, 0.5) is 8.78 Å². The van der Waals surface area contributed by atoms with Gasteiger partial charge in [0.15, 0.2) is 11.6 Å². The van der Waals surface area contributed by atoms with Crippen molar-refractivity contribution in [1.82, 2.24) is 0 Å². The van der Waals surface area contributed by atoms with Gasteiger partial charge in [0.2, 0.25) is 0 Å². The van der Waals surface area contributed by atoms with Crippen molar-refractivity contribution in [2.45, 2.75) is 51.9 Å². The van der Waals surface area contributed by atoms with E-state index in [1.165, 1.54) is 50.2 Å². The van der Waals surface area contributed by atoms with Gasteiger partial charge in [0, 0.05) is 5.56 Å². The minimum absolute atomic E-state index is 0.496. The highest BCUT2D eigenvalue weighted by atomic mass is 19.2. The molecule has 0 nitrogen and oxygen atoms in total. The molecule has 0 heterocycles. The van der Waals surface area contributed by atoms with Crippen molar-refractivity contribution in [1.29, 1.82) is 0 Å². The van der Waals surface area contributed by atoms with E-state index in [4.69, 9.17) is 0 Å². The Morgan fingerprint density at radius 3 is 2.55 bits per heavy atom. The van der Waals surface area contributed by atoms with Gasteiger partial charge in [0.25, 0.3) is 0 Å². The van der Waals surface area contributed by atoms with E-state index < -0.39 is 11.6 Å². The summed E-state index contributed by atoms with van der Waals surface area (Å²) in [7, 11) is 0. The standard InChI is InChI=1S/C18H22F2/c1-2-3-12-4-6-13(7-5-12)15-10-14-8-9-17(19)18(20)16(14)11-15/h8-9,11-13H,2-7,10H2,1H3. The predicted octanol–water partition coefficient (Wildman–Crippen LogP) is 5.51. The quantitative estimate of drug-likeness (QED) is 0.682. The molecule has 0 N–H and O–H groups in total. The summed E-state index contributed by atoms with van der Waals surface area (Å²) < 4.78 is 27.1. The van der Waals surface area contributed by atoms with E-state index in [1.54, 1.807) is 6.07 Å². The Bertz CT molecular complexity index is 522. The van der Waals surface area contributed by atoms with Gasteiger partial charge in [-0.2, -0.15) is 0 Å². The SMILES string of the molecule is CCCC1CCC(C2=Cc3c(ccc(F)c3F)C2)CC1. The van der Waals surface area contributed by atoms with Crippen LogP contribution in [-0.2, 0) is 6.42 Å². The smallest absolute Gasteiger partial charge is 0.166 e. The molecule has 20 heavy (non-hydrogen) atoms. The number of allylic oxidation sites excluding steroid dienone is 1. The zero-order valence-electron chi connectivity index (χ0n) is 12.1. The molecule has 0 aromatic heterocycles. The second-order valence-electron chi connectivity index (χ2n) is 6.34. The maximum Gasteiger partial charge on any atom is 0.166 e. The van der Waals surface area contributed by atoms with Crippen molar-refractivity contribution in [2.75, 3.05) is 0 Å². The fourth-order valence-electron chi connectivity index (χ4n) is 3.87. The van der Waals surface area contributed by atoms with Gasteiger partial charge in [-0.05, 0) is 55.6 Å². The van der Waals surface area contributed by atoms with Gasteiger partial charge in [-0.15, -0.1) is 0 Å². The summed E-state index contributed by atoms with van der Waals surface area (Å²) in [6.45, 7) is 2.25. The van der Waals surface area contributed by atoms with E-state index in [2.05, 4.69) is 6.92 Å². The summed E-state index contributed by atoms with van der Waals surface area (Å²) >= 11 is 0. The predicted molar refractivity (Wildman–Crippen MR) is 78.4 cm³/mol. The van der Waals surface area contributed by atoms with Crippen molar-refractivity contribution < 1.29 is 8.78 Å². The summed E-state index contributed by atoms with van der Waals surface area (Å²) in [6, 6.07) is 2.99. The Kier molecular flexibility index (Phi) is 3.91. The van der Waals surface area contributed by atoms with Gasteiger partial charge in [-0.3, -0.25) is 0 Å². The van der Waals surface area contributed by atoms with Crippen molar-refractivity contribution >= 4 is 6.08 Å². The van der Waals surface area contributed by atoms with E-state index in [0.717, 1.165) is 17.9 Å². The lowest BCUT2D eigenvalue weighted by atomic mass is 9.76.